The van der Waals surface area contributed by atoms with Gasteiger partial charge in [-0.2, -0.15) is 5.26 Å². The second kappa shape index (κ2) is 10.5. The lowest BCUT2D eigenvalue weighted by atomic mass is 9.97. The van der Waals surface area contributed by atoms with Crippen molar-refractivity contribution in [2.24, 2.45) is 0 Å². The molecule has 0 saturated heterocycles. The Labute approximate surface area is 193 Å². The molecule has 33 heavy (non-hydrogen) atoms. The van der Waals surface area contributed by atoms with Gasteiger partial charge in [-0.15, -0.1) is 0 Å². The molecule has 3 rings (SSSR count). The van der Waals surface area contributed by atoms with E-state index < -0.39 is 5.56 Å². The Hall–Kier alpha value is -4.05. The highest BCUT2D eigenvalue weighted by atomic mass is 16.5. The highest BCUT2D eigenvalue weighted by Gasteiger charge is 2.19. The number of rotatable bonds is 8. The van der Waals surface area contributed by atoms with Crippen LogP contribution in [-0.2, 0) is 11.2 Å². The van der Waals surface area contributed by atoms with E-state index in [-0.39, 0.29) is 23.9 Å². The van der Waals surface area contributed by atoms with Crippen LogP contribution in [0.25, 0.3) is 0 Å². The van der Waals surface area contributed by atoms with Gasteiger partial charge >= 0.3 is 0 Å². The first-order valence-corrected chi connectivity index (χ1v) is 10.6. The molecule has 2 aromatic carbocycles. The van der Waals surface area contributed by atoms with Gasteiger partial charge in [-0.1, -0.05) is 24.3 Å². The second-order valence-electron chi connectivity index (χ2n) is 7.72. The normalized spacial score (nSPS) is 10.5. The average molecular weight is 446 g/mol. The van der Waals surface area contributed by atoms with Gasteiger partial charge < -0.3 is 19.8 Å². The van der Waals surface area contributed by atoms with E-state index >= 15 is 0 Å². The van der Waals surface area contributed by atoms with Crippen LogP contribution in [0.2, 0.25) is 0 Å². The summed E-state index contributed by atoms with van der Waals surface area (Å²) in [5.41, 5.74) is 3.62. The number of hydrogen-bond donors (Lipinski definition) is 2. The first kappa shape index (κ1) is 23.6. The zero-order chi connectivity index (χ0) is 24.0. The van der Waals surface area contributed by atoms with E-state index in [9.17, 15) is 14.9 Å². The third kappa shape index (κ3) is 5.42. The van der Waals surface area contributed by atoms with Crippen LogP contribution >= 0.6 is 0 Å². The van der Waals surface area contributed by atoms with Crippen molar-refractivity contribution in [3.63, 3.8) is 0 Å². The Kier molecular flexibility index (Phi) is 7.52. The number of pyridine rings is 1. The fourth-order valence-corrected chi connectivity index (χ4v) is 3.84. The Morgan fingerprint density at radius 2 is 1.52 bits per heavy atom. The monoisotopic (exact) mass is 445 g/mol. The SMILES string of the molecule is COc1ccc(C(NC(=O)CCc2c(C)[nH]c(=O)c(C#N)c2C)c2ccc(OC)cc2)cc1. The van der Waals surface area contributed by atoms with Gasteiger partial charge in [0.15, 0.2) is 0 Å². The van der Waals surface area contributed by atoms with E-state index in [1.165, 1.54) is 0 Å². The number of methoxy groups -OCH3 is 2. The van der Waals surface area contributed by atoms with Crippen molar-refractivity contribution >= 4 is 5.91 Å². The van der Waals surface area contributed by atoms with Crippen LogP contribution in [0.15, 0.2) is 53.3 Å². The molecule has 0 bridgehead atoms. The number of carbonyl (C=O) groups excluding carboxylic acids is 1. The summed E-state index contributed by atoms with van der Waals surface area (Å²) < 4.78 is 10.5. The minimum atomic E-state index is -0.403. The molecular weight excluding hydrogens is 418 g/mol. The highest BCUT2D eigenvalue weighted by Crippen LogP contribution is 2.26. The third-order valence-electron chi connectivity index (χ3n) is 5.73. The molecule has 0 fully saturated rings. The summed E-state index contributed by atoms with van der Waals surface area (Å²) in [4.78, 5) is 27.6. The Morgan fingerprint density at radius 3 is 1.97 bits per heavy atom. The zero-order valence-electron chi connectivity index (χ0n) is 19.2. The van der Waals surface area contributed by atoms with Crippen molar-refractivity contribution in [1.82, 2.24) is 10.3 Å². The summed E-state index contributed by atoms with van der Waals surface area (Å²) in [7, 11) is 3.21. The fourth-order valence-electron chi connectivity index (χ4n) is 3.84. The number of nitriles is 1. The van der Waals surface area contributed by atoms with Crippen LogP contribution in [0.3, 0.4) is 0 Å². The van der Waals surface area contributed by atoms with Crippen LogP contribution < -0.4 is 20.3 Å². The van der Waals surface area contributed by atoms with Gasteiger partial charge in [0, 0.05) is 12.1 Å². The van der Waals surface area contributed by atoms with Crippen molar-refractivity contribution in [1.29, 1.82) is 5.26 Å². The number of aromatic amines is 1. The molecule has 0 aliphatic rings. The summed E-state index contributed by atoms with van der Waals surface area (Å²) in [6.07, 6.45) is 0.619. The smallest absolute Gasteiger partial charge is 0.266 e. The molecule has 170 valence electrons. The van der Waals surface area contributed by atoms with E-state index in [0.29, 0.717) is 17.7 Å². The zero-order valence-corrected chi connectivity index (χ0v) is 19.2. The summed E-state index contributed by atoms with van der Waals surface area (Å²) >= 11 is 0. The Morgan fingerprint density at radius 1 is 1.00 bits per heavy atom. The lowest BCUT2D eigenvalue weighted by molar-refractivity contribution is -0.121. The molecule has 0 aliphatic carbocycles. The average Bonchev–Trinajstić information content (AvgIpc) is 2.82. The van der Waals surface area contributed by atoms with Gasteiger partial charge in [0.05, 0.1) is 20.3 Å². The maximum Gasteiger partial charge on any atom is 0.266 e. The van der Waals surface area contributed by atoms with Crippen LogP contribution in [-0.4, -0.2) is 25.1 Å². The molecule has 1 aromatic heterocycles. The Bertz CT molecular complexity index is 1180. The highest BCUT2D eigenvalue weighted by molar-refractivity contribution is 5.77. The number of benzene rings is 2. The molecule has 0 saturated carbocycles. The predicted molar refractivity (Wildman–Crippen MR) is 126 cm³/mol. The third-order valence-corrected chi connectivity index (χ3v) is 5.73. The maximum atomic E-state index is 13.0. The fraction of sp³-hybridized carbons (Fsp3) is 0.269. The summed E-state index contributed by atoms with van der Waals surface area (Å²) in [5.74, 6) is 1.32. The predicted octanol–water partition coefficient (Wildman–Crippen LogP) is 3.72. The molecule has 0 radical (unpaired) electrons. The minimum absolute atomic E-state index is 0.0883. The number of carbonyl (C=O) groups is 1. The number of hydrogen-bond acceptors (Lipinski definition) is 5. The van der Waals surface area contributed by atoms with Crippen LogP contribution in [0.5, 0.6) is 11.5 Å². The molecule has 0 aliphatic heterocycles. The van der Waals surface area contributed by atoms with E-state index in [2.05, 4.69) is 10.3 Å². The lowest BCUT2D eigenvalue weighted by Crippen LogP contribution is -2.29. The number of nitrogens with zero attached hydrogens (tertiary/aromatic N) is 1. The second-order valence-corrected chi connectivity index (χ2v) is 7.72. The van der Waals surface area contributed by atoms with Crippen LogP contribution in [0, 0.1) is 25.2 Å². The van der Waals surface area contributed by atoms with Crippen molar-refractivity contribution in [2.45, 2.75) is 32.7 Å². The lowest BCUT2D eigenvalue weighted by Gasteiger charge is -2.21. The van der Waals surface area contributed by atoms with Gasteiger partial charge in [-0.05, 0) is 66.8 Å². The number of amides is 1. The molecule has 0 atom stereocenters. The standard InChI is InChI=1S/C26H27N3O4/c1-16-22(17(2)28-26(31)23(16)15-27)13-14-24(30)29-25(18-5-9-20(32-3)10-6-18)19-7-11-21(33-4)12-8-19/h5-12,25H,13-14H2,1-4H3,(H,28,31)(H,29,30). The number of aryl methyl sites for hydroxylation is 1. The van der Waals surface area contributed by atoms with E-state index in [0.717, 1.165) is 28.2 Å². The number of ether oxygens (including phenoxy) is 2. The topological polar surface area (TPSA) is 104 Å². The number of H-pyrrole nitrogens is 1. The molecular formula is C26H27N3O4. The minimum Gasteiger partial charge on any atom is -0.497 e. The molecule has 3 aromatic rings. The van der Waals surface area contributed by atoms with E-state index in [1.54, 1.807) is 28.1 Å². The van der Waals surface area contributed by atoms with Crippen LogP contribution in [0.4, 0.5) is 0 Å². The van der Waals surface area contributed by atoms with Gasteiger partial charge in [0.1, 0.15) is 23.1 Å². The summed E-state index contributed by atoms with van der Waals surface area (Å²) in [5, 5.41) is 12.4. The first-order valence-electron chi connectivity index (χ1n) is 10.6. The molecule has 7 heteroatoms. The van der Waals surface area contributed by atoms with Crippen molar-refractivity contribution in [3.8, 4) is 17.6 Å². The molecule has 1 amide bonds. The van der Waals surface area contributed by atoms with E-state index in [1.807, 2.05) is 54.6 Å². The van der Waals surface area contributed by atoms with Crippen molar-refractivity contribution < 1.29 is 14.3 Å². The quantitative estimate of drug-likeness (QED) is 0.550. The molecule has 0 unspecified atom stereocenters. The van der Waals surface area contributed by atoms with Crippen molar-refractivity contribution in [2.75, 3.05) is 14.2 Å². The van der Waals surface area contributed by atoms with Crippen LogP contribution in [0.1, 0.15) is 46.0 Å². The molecule has 2 N–H and O–H groups in total. The number of nitrogens with one attached hydrogen (secondary N) is 2. The molecule has 7 nitrogen and oxygen atoms in total. The molecule has 1 heterocycles. The first-order chi connectivity index (χ1) is 15.9. The largest absolute Gasteiger partial charge is 0.497 e. The maximum absolute atomic E-state index is 13.0. The summed E-state index contributed by atoms with van der Waals surface area (Å²) in [6.45, 7) is 3.52. The van der Waals surface area contributed by atoms with E-state index in [4.69, 9.17) is 9.47 Å². The van der Waals surface area contributed by atoms with Gasteiger partial charge in [-0.3, -0.25) is 9.59 Å². The van der Waals surface area contributed by atoms with Gasteiger partial charge in [0.25, 0.3) is 5.56 Å². The van der Waals surface area contributed by atoms with Gasteiger partial charge in [0.2, 0.25) is 5.91 Å². The number of aromatic nitrogens is 1. The van der Waals surface area contributed by atoms with Gasteiger partial charge in [-0.25, -0.2) is 0 Å². The summed E-state index contributed by atoms with van der Waals surface area (Å²) in [6, 6.07) is 16.7. The van der Waals surface area contributed by atoms with Crippen molar-refractivity contribution in [3.05, 3.63) is 92.4 Å². The molecule has 0 spiro atoms. The Balaban J connectivity index is 1.83.